The minimum Gasteiger partial charge on any atom is -0.478 e. The summed E-state index contributed by atoms with van der Waals surface area (Å²) in [7, 11) is 0. The highest BCUT2D eigenvalue weighted by molar-refractivity contribution is 9.10. The van der Waals surface area contributed by atoms with E-state index in [2.05, 4.69) is 26.6 Å². The summed E-state index contributed by atoms with van der Waals surface area (Å²) in [5.74, 6) is -1.89. The number of para-hydroxylation sites is 1. The first-order valence-corrected chi connectivity index (χ1v) is 12.6. The lowest BCUT2D eigenvalue weighted by atomic mass is 10.1. The third-order valence-electron chi connectivity index (χ3n) is 5.22. The predicted molar refractivity (Wildman–Crippen MR) is 146 cm³/mol. The second-order valence-electron chi connectivity index (χ2n) is 7.71. The Bertz CT molecular complexity index is 1410. The number of carboxylic acid groups (broad SMARTS) is 1. The van der Waals surface area contributed by atoms with E-state index in [0.717, 1.165) is 14.9 Å². The van der Waals surface area contributed by atoms with Crippen LogP contribution in [0.15, 0.2) is 112 Å². The first-order valence-electron chi connectivity index (χ1n) is 10.9. The van der Waals surface area contributed by atoms with Gasteiger partial charge in [-0.25, -0.2) is 4.79 Å². The molecule has 4 aromatic rings. The highest BCUT2D eigenvalue weighted by Crippen LogP contribution is 2.37. The van der Waals surface area contributed by atoms with Crippen LogP contribution in [0.4, 0.5) is 11.4 Å². The van der Waals surface area contributed by atoms with Gasteiger partial charge in [-0.3, -0.25) is 9.59 Å². The molecule has 3 N–H and O–H groups in total. The molecule has 1 unspecified atom stereocenters. The van der Waals surface area contributed by atoms with E-state index in [9.17, 15) is 19.5 Å². The smallest absolute Gasteiger partial charge is 0.336 e. The van der Waals surface area contributed by atoms with Gasteiger partial charge in [-0.15, -0.1) is 11.8 Å². The monoisotopic (exact) mass is 560 g/mol. The van der Waals surface area contributed by atoms with E-state index in [1.165, 1.54) is 23.9 Å². The van der Waals surface area contributed by atoms with Gasteiger partial charge in [0.1, 0.15) is 5.25 Å². The number of aromatic carboxylic acids is 1. The zero-order valence-corrected chi connectivity index (χ0v) is 21.3. The lowest BCUT2D eigenvalue weighted by molar-refractivity contribution is -0.115. The van der Waals surface area contributed by atoms with Crippen molar-refractivity contribution >= 4 is 56.9 Å². The summed E-state index contributed by atoms with van der Waals surface area (Å²) in [6.45, 7) is 0. The lowest BCUT2D eigenvalue weighted by Gasteiger charge is -2.18. The zero-order chi connectivity index (χ0) is 25.5. The molecule has 0 aliphatic rings. The molecular formula is C28H21BrN2O4S. The Balaban J connectivity index is 1.57. The molecular weight excluding hydrogens is 540 g/mol. The van der Waals surface area contributed by atoms with Crippen molar-refractivity contribution in [2.24, 2.45) is 0 Å². The quantitative estimate of drug-likeness (QED) is 0.204. The van der Waals surface area contributed by atoms with Gasteiger partial charge in [0, 0.05) is 15.1 Å². The molecule has 0 aliphatic carbocycles. The number of amides is 2. The molecule has 0 saturated heterocycles. The fraction of sp³-hybridized carbons (Fsp3) is 0.0357. The summed E-state index contributed by atoms with van der Waals surface area (Å²) in [5, 5.41) is 14.6. The second-order valence-corrected chi connectivity index (χ2v) is 9.74. The van der Waals surface area contributed by atoms with Crippen LogP contribution in [0.5, 0.6) is 0 Å². The molecule has 8 heteroatoms. The number of hydrogen-bond donors (Lipinski definition) is 3. The maximum atomic E-state index is 13.3. The Morgan fingerprint density at radius 2 is 1.42 bits per heavy atom. The standard InChI is InChI=1S/C28H21BrN2O4S/c29-23-15-6-7-16-24(23)31-27(33)25(18-9-2-1-3-10-18)36-20-12-8-11-19(17-20)30-26(32)21-13-4-5-14-22(21)28(34)35/h1-17,25H,(H,30,32)(H,31,33)(H,34,35). The first-order chi connectivity index (χ1) is 17.4. The largest absolute Gasteiger partial charge is 0.478 e. The average molecular weight is 561 g/mol. The van der Waals surface area contributed by atoms with Crippen molar-refractivity contribution in [3.05, 3.63) is 124 Å². The lowest BCUT2D eigenvalue weighted by Crippen LogP contribution is -2.19. The molecule has 6 nitrogen and oxygen atoms in total. The topological polar surface area (TPSA) is 95.5 Å². The third kappa shape index (κ3) is 6.21. The number of nitrogens with one attached hydrogen (secondary N) is 2. The first kappa shape index (κ1) is 25.2. The SMILES string of the molecule is O=C(O)c1ccccc1C(=O)Nc1cccc(SC(C(=O)Nc2ccccc2Br)c2ccccc2)c1. The number of carbonyl (C=O) groups is 3. The summed E-state index contributed by atoms with van der Waals surface area (Å²) < 4.78 is 0.779. The summed E-state index contributed by atoms with van der Waals surface area (Å²) >= 11 is 4.81. The Morgan fingerprint density at radius 1 is 0.750 bits per heavy atom. The summed E-state index contributed by atoms with van der Waals surface area (Å²) in [6, 6.07) is 30.0. The molecule has 0 bridgehead atoms. The van der Waals surface area contributed by atoms with Crippen molar-refractivity contribution in [1.29, 1.82) is 0 Å². The molecule has 4 rings (SSSR count). The summed E-state index contributed by atoms with van der Waals surface area (Å²) in [4.78, 5) is 38.4. The molecule has 1 atom stereocenters. The van der Waals surface area contributed by atoms with Gasteiger partial charge in [-0.1, -0.05) is 60.7 Å². The number of thioether (sulfide) groups is 1. The van der Waals surface area contributed by atoms with E-state index in [4.69, 9.17) is 0 Å². The predicted octanol–water partition coefficient (Wildman–Crippen LogP) is 6.87. The van der Waals surface area contributed by atoms with Crippen molar-refractivity contribution in [3.63, 3.8) is 0 Å². The molecule has 0 fully saturated rings. The second kappa shape index (κ2) is 11.7. The van der Waals surface area contributed by atoms with Crippen LogP contribution in [0.25, 0.3) is 0 Å². The average Bonchev–Trinajstić information content (AvgIpc) is 2.89. The van der Waals surface area contributed by atoms with Crippen LogP contribution in [0.1, 0.15) is 31.5 Å². The maximum Gasteiger partial charge on any atom is 0.336 e. The zero-order valence-electron chi connectivity index (χ0n) is 18.9. The minimum atomic E-state index is -1.17. The van der Waals surface area contributed by atoms with E-state index >= 15 is 0 Å². The van der Waals surface area contributed by atoms with Crippen molar-refractivity contribution in [1.82, 2.24) is 0 Å². The fourth-order valence-electron chi connectivity index (χ4n) is 3.51. The Hall–Kier alpha value is -3.88. The molecule has 0 heterocycles. The number of anilines is 2. The number of carboxylic acids is 1. The fourth-order valence-corrected chi connectivity index (χ4v) is 4.98. The third-order valence-corrected chi connectivity index (χ3v) is 7.16. The van der Waals surface area contributed by atoms with E-state index < -0.39 is 17.1 Å². The van der Waals surface area contributed by atoms with Gasteiger partial charge in [0.15, 0.2) is 0 Å². The van der Waals surface area contributed by atoms with Crippen molar-refractivity contribution < 1.29 is 19.5 Å². The maximum absolute atomic E-state index is 13.3. The van der Waals surface area contributed by atoms with Gasteiger partial charge < -0.3 is 15.7 Å². The van der Waals surface area contributed by atoms with Crippen LogP contribution < -0.4 is 10.6 Å². The Labute approximate surface area is 220 Å². The highest BCUT2D eigenvalue weighted by atomic mass is 79.9. The molecule has 0 aliphatic heterocycles. The van der Waals surface area contributed by atoms with Gasteiger partial charge in [0.25, 0.3) is 5.91 Å². The number of carbonyl (C=O) groups excluding carboxylic acids is 2. The van der Waals surface area contributed by atoms with Crippen LogP contribution in [-0.4, -0.2) is 22.9 Å². The highest BCUT2D eigenvalue weighted by Gasteiger charge is 2.23. The molecule has 0 spiro atoms. The van der Waals surface area contributed by atoms with Crippen molar-refractivity contribution in [2.45, 2.75) is 10.1 Å². The van der Waals surface area contributed by atoms with Gasteiger partial charge in [0.05, 0.1) is 16.8 Å². The molecule has 4 aromatic carbocycles. The van der Waals surface area contributed by atoms with Crippen molar-refractivity contribution in [2.75, 3.05) is 10.6 Å². The van der Waals surface area contributed by atoms with E-state index in [0.29, 0.717) is 11.4 Å². The Kier molecular flexibility index (Phi) is 8.20. The normalized spacial score (nSPS) is 11.4. The van der Waals surface area contributed by atoms with Crippen LogP contribution in [0.2, 0.25) is 0 Å². The molecule has 180 valence electrons. The number of halogens is 1. The van der Waals surface area contributed by atoms with Crippen LogP contribution in [0.3, 0.4) is 0 Å². The summed E-state index contributed by atoms with van der Waals surface area (Å²) in [6.07, 6.45) is 0. The molecule has 0 saturated carbocycles. The van der Waals surface area contributed by atoms with Gasteiger partial charge >= 0.3 is 5.97 Å². The van der Waals surface area contributed by atoms with Gasteiger partial charge in [-0.05, 0) is 64.0 Å². The Morgan fingerprint density at radius 3 is 2.14 bits per heavy atom. The summed E-state index contributed by atoms with van der Waals surface area (Å²) in [5.41, 5.74) is 1.98. The van der Waals surface area contributed by atoms with Crippen LogP contribution in [0, 0.1) is 0 Å². The molecule has 36 heavy (non-hydrogen) atoms. The van der Waals surface area contributed by atoms with E-state index in [-0.39, 0.29) is 17.0 Å². The van der Waals surface area contributed by atoms with E-state index in [1.54, 1.807) is 30.3 Å². The minimum absolute atomic E-state index is 0.0676. The van der Waals surface area contributed by atoms with Crippen molar-refractivity contribution in [3.8, 4) is 0 Å². The number of benzene rings is 4. The van der Waals surface area contributed by atoms with E-state index in [1.807, 2.05) is 60.7 Å². The molecule has 0 aromatic heterocycles. The van der Waals surface area contributed by atoms with Crippen LogP contribution >= 0.6 is 27.7 Å². The number of rotatable bonds is 8. The molecule has 2 amide bonds. The van der Waals surface area contributed by atoms with Gasteiger partial charge in [-0.2, -0.15) is 0 Å². The molecule has 0 radical (unpaired) electrons. The van der Waals surface area contributed by atoms with Gasteiger partial charge in [0.2, 0.25) is 5.91 Å². The van der Waals surface area contributed by atoms with Crippen LogP contribution in [-0.2, 0) is 4.79 Å². The number of hydrogen-bond acceptors (Lipinski definition) is 4.